The first-order valence-corrected chi connectivity index (χ1v) is 9.32. The third kappa shape index (κ3) is 17.4. The maximum atomic E-state index is 12.3. The molecule has 1 saturated heterocycles. The highest BCUT2D eigenvalue weighted by Gasteiger charge is 2.59. The Labute approximate surface area is 173 Å². The van der Waals surface area contributed by atoms with Crippen LogP contribution in [0, 0.1) is 0 Å². The van der Waals surface area contributed by atoms with Crippen LogP contribution in [0.1, 0.15) is 46.0 Å². The monoisotopic (exact) mass is 486 g/mol. The van der Waals surface area contributed by atoms with E-state index in [-0.39, 0.29) is 19.8 Å². The molecule has 2 atom stereocenters. The maximum absolute atomic E-state index is 12.3. The number of aliphatic hydroxyl groups excluding tert-OH is 2. The predicted molar refractivity (Wildman–Crippen MR) is 90.1 cm³/mol. The Morgan fingerprint density at radius 3 is 1.52 bits per heavy atom. The molecule has 0 radical (unpaired) electrons. The first-order valence-electron chi connectivity index (χ1n) is 9.32. The number of aliphatic hydroxyl groups is 2. The van der Waals surface area contributed by atoms with E-state index in [1.54, 1.807) is 6.92 Å². The van der Waals surface area contributed by atoms with Gasteiger partial charge in [0.05, 0.1) is 25.4 Å². The molecule has 1 aliphatic carbocycles. The zero-order valence-electron chi connectivity index (χ0n) is 17.0. The highest BCUT2D eigenvalue weighted by molar-refractivity contribution is 4.84. The first kappa shape index (κ1) is 32.3. The van der Waals surface area contributed by atoms with Crippen molar-refractivity contribution in [1.82, 2.24) is 0 Å². The van der Waals surface area contributed by atoms with Gasteiger partial charge in [-0.15, -0.1) is 0 Å². The lowest BCUT2D eigenvalue weighted by Crippen LogP contribution is -2.40. The van der Waals surface area contributed by atoms with Crippen LogP contribution in [0.2, 0.25) is 0 Å². The Hall–Kier alpha value is -0.860. The molecule has 0 aromatic rings. The molecule has 2 aliphatic rings. The third-order valence-electron chi connectivity index (χ3n) is 3.08. The number of ether oxygens (including phenoxy) is 2. The largest absolute Gasteiger partial charge is 0.453 e. The molecule has 2 unspecified atom stereocenters. The molecule has 14 heteroatoms. The lowest BCUT2D eigenvalue weighted by atomic mass is 10.1. The zero-order valence-corrected chi connectivity index (χ0v) is 17.0. The van der Waals surface area contributed by atoms with Gasteiger partial charge >= 0.3 is 24.2 Å². The molecule has 4 nitrogen and oxygen atoms in total. The Bertz CT molecular complexity index is 446. The Kier molecular flexibility index (Phi) is 14.9. The van der Waals surface area contributed by atoms with Crippen molar-refractivity contribution in [2.24, 2.45) is 0 Å². The van der Waals surface area contributed by atoms with Gasteiger partial charge in [-0.25, -0.2) is 0 Å². The third-order valence-corrected chi connectivity index (χ3v) is 3.08. The summed E-state index contributed by atoms with van der Waals surface area (Å²) in [5.41, 5.74) is 0. The summed E-state index contributed by atoms with van der Waals surface area (Å²) in [6.45, 7) is 3.09. The highest BCUT2D eigenvalue weighted by atomic mass is 19.4. The molecular formula is C17H28F10O4. The quantitative estimate of drug-likeness (QED) is 0.388. The molecule has 0 amide bonds. The number of halogens is 10. The molecular weight excluding hydrogens is 458 g/mol. The average Bonchev–Trinajstić information content (AvgIpc) is 3.44. The van der Waals surface area contributed by atoms with Crippen molar-refractivity contribution in [1.29, 1.82) is 0 Å². The van der Waals surface area contributed by atoms with Gasteiger partial charge in [-0.1, -0.05) is 19.3 Å². The van der Waals surface area contributed by atoms with Crippen molar-refractivity contribution >= 4 is 0 Å². The molecule has 190 valence electrons. The summed E-state index contributed by atoms with van der Waals surface area (Å²) < 4.78 is 126. The fourth-order valence-electron chi connectivity index (χ4n) is 1.31. The Morgan fingerprint density at radius 1 is 0.871 bits per heavy atom. The molecule has 2 fully saturated rings. The summed E-state index contributed by atoms with van der Waals surface area (Å²) >= 11 is 0. The summed E-state index contributed by atoms with van der Waals surface area (Å²) in [4.78, 5) is 0. The van der Waals surface area contributed by atoms with Crippen LogP contribution in [-0.2, 0) is 9.47 Å². The molecule has 0 aromatic carbocycles. The number of epoxide rings is 1. The van der Waals surface area contributed by atoms with Gasteiger partial charge in [-0.05, 0) is 13.8 Å². The lowest BCUT2D eigenvalue weighted by molar-refractivity contribution is -0.291. The van der Waals surface area contributed by atoms with Gasteiger partial charge in [0.25, 0.3) is 0 Å². The van der Waals surface area contributed by atoms with Crippen LogP contribution in [0.5, 0.6) is 0 Å². The van der Waals surface area contributed by atoms with Gasteiger partial charge < -0.3 is 19.7 Å². The predicted octanol–water partition coefficient (Wildman–Crippen LogP) is 5.11. The molecule has 31 heavy (non-hydrogen) atoms. The average molecular weight is 486 g/mol. The summed E-state index contributed by atoms with van der Waals surface area (Å²) in [5.74, 6) is -9.47. The second-order valence-electron chi connectivity index (χ2n) is 6.46. The van der Waals surface area contributed by atoms with Crippen LogP contribution in [0.4, 0.5) is 43.9 Å². The lowest BCUT2D eigenvalue weighted by Gasteiger charge is -2.22. The van der Waals surface area contributed by atoms with Crippen molar-refractivity contribution < 1.29 is 63.6 Å². The molecule has 1 aliphatic heterocycles. The van der Waals surface area contributed by atoms with Crippen LogP contribution < -0.4 is 0 Å². The summed E-state index contributed by atoms with van der Waals surface area (Å²) in [6, 6.07) is 0. The van der Waals surface area contributed by atoms with E-state index in [4.69, 9.17) is 10.2 Å². The van der Waals surface area contributed by atoms with Crippen LogP contribution in [0.15, 0.2) is 0 Å². The van der Waals surface area contributed by atoms with E-state index in [2.05, 4.69) is 9.47 Å². The molecule has 2 rings (SSSR count). The van der Waals surface area contributed by atoms with E-state index < -0.39 is 55.9 Å². The van der Waals surface area contributed by atoms with E-state index in [1.165, 1.54) is 26.2 Å². The SMILES string of the molecule is C1CC1.CCO.CCOCC(O)CC(F)(F)C(F)(F)F.FC(F)(F)C(F)(F)CC1CO1. The van der Waals surface area contributed by atoms with Crippen molar-refractivity contribution in [2.45, 2.75) is 82.4 Å². The van der Waals surface area contributed by atoms with Gasteiger partial charge in [-0.2, -0.15) is 43.9 Å². The van der Waals surface area contributed by atoms with Crippen molar-refractivity contribution in [3.63, 3.8) is 0 Å². The smallest absolute Gasteiger partial charge is 0.397 e. The van der Waals surface area contributed by atoms with E-state index in [0.29, 0.717) is 0 Å². The van der Waals surface area contributed by atoms with Gasteiger partial charge in [0.1, 0.15) is 0 Å². The Morgan fingerprint density at radius 2 is 1.26 bits per heavy atom. The van der Waals surface area contributed by atoms with Gasteiger partial charge in [0.2, 0.25) is 0 Å². The van der Waals surface area contributed by atoms with E-state index in [1.807, 2.05) is 0 Å². The van der Waals surface area contributed by atoms with E-state index >= 15 is 0 Å². The zero-order chi connectivity index (χ0) is 24.9. The second-order valence-corrected chi connectivity index (χ2v) is 6.46. The van der Waals surface area contributed by atoms with Crippen LogP contribution in [-0.4, -0.2) is 73.0 Å². The molecule has 0 bridgehead atoms. The van der Waals surface area contributed by atoms with Crippen LogP contribution in [0.3, 0.4) is 0 Å². The summed E-state index contributed by atoms with van der Waals surface area (Å²) in [6.07, 6.45) is -12.2. The van der Waals surface area contributed by atoms with Crippen molar-refractivity contribution in [2.75, 3.05) is 26.4 Å². The molecule has 1 saturated carbocycles. The minimum absolute atomic E-state index is 0.00562. The molecule has 1 heterocycles. The minimum atomic E-state index is -5.62. The second kappa shape index (κ2) is 14.3. The van der Waals surface area contributed by atoms with Crippen molar-refractivity contribution in [3.8, 4) is 0 Å². The number of alkyl halides is 10. The first-order chi connectivity index (χ1) is 13.9. The Balaban J connectivity index is 0. The van der Waals surface area contributed by atoms with E-state index in [0.717, 1.165) is 0 Å². The fraction of sp³-hybridized carbons (Fsp3) is 1.00. The van der Waals surface area contributed by atoms with E-state index in [9.17, 15) is 43.9 Å². The number of hydrogen-bond donors (Lipinski definition) is 2. The maximum Gasteiger partial charge on any atom is 0.453 e. The molecule has 0 aromatic heterocycles. The standard InChI is InChI=1S/C7H11F5O2.C5H5F5O.C3H6.C2H6O/c1-2-14-4-5(13)3-6(8,9)7(10,11)12;6-4(7,5(8,9)10)1-3-2-11-3;1-2-3-1;1-2-3/h5,13H,2-4H2,1H3;3H,1-2H2;1-3H2;3H,2H2,1H3. The van der Waals surface area contributed by atoms with Crippen molar-refractivity contribution in [3.05, 3.63) is 0 Å². The number of rotatable bonds is 7. The minimum Gasteiger partial charge on any atom is -0.397 e. The normalized spacial score (nSPS) is 19.0. The molecule has 0 spiro atoms. The van der Waals surface area contributed by atoms with Gasteiger partial charge in [-0.3, -0.25) is 0 Å². The highest BCUT2D eigenvalue weighted by Crippen LogP contribution is 2.41. The summed E-state index contributed by atoms with van der Waals surface area (Å²) in [5, 5.41) is 16.3. The van der Waals surface area contributed by atoms with Crippen LogP contribution >= 0.6 is 0 Å². The summed E-state index contributed by atoms with van der Waals surface area (Å²) in [7, 11) is 0. The fourth-order valence-corrected chi connectivity index (χ4v) is 1.31. The van der Waals surface area contributed by atoms with Gasteiger partial charge in [0, 0.05) is 26.1 Å². The topological polar surface area (TPSA) is 62.2 Å². The molecule has 2 N–H and O–H groups in total. The number of hydrogen-bond acceptors (Lipinski definition) is 4. The van der Waals surface area contributed by atoms with Crippen LogP contribution in [0.25, 0.3) is 0 Å². The van der Waals surface area contributed by atoms with Gasteiger partial charge in [0.15, 0.2) is 0 Å².